The summed E-state index contributed by atoms with van der Waals surface area (Å²) >= 11 is 0. The molecule has 1 aliphatic rings. The summed E-state index contributed by atoms with van der Waals surface area (Å²) in [7, 11) is 1.65. The van der Waals surface area contributed by atoms with Crippen LogP contribution in [-0.2, 0) is 0 Å². The van der Waals surface area contributed by atoms with Crippen LogP contribution in [0, 0.1) is 0 Å². The van der Waals surface area contributed by atoms with Gasteiger partial charge in [0.05, 0.1) is 7.11 Å². The number of aromatic hydroxyl groups is 1. The number of hydrogen-bond acceptors (Lipinski definition) is 4. The Morgan fingerprint density at radius 2 is 2.20 bits per heavy atom. The van der Waals surface area contributed by atoms with Crippen LogP contribution in [0.1, 0.15) is 24.4 Å². The topological polar surface area (TPSA) is 44.7 Å². The van der Waals surface area contributed by atoms with E-state index >= 15 is 0 Å². The van der Waals surface area contributed by atoms with Crippen molar-refractivity contribution in [2.45, 2.75) is 18.9 Å². The molecule has 4 heteroatoms. The fourth-order valence-electron chi connectivity index (χ4n) is 2.78. The van der Waals surface area contributed by atoms with Gasteiger partial charge < -0.3 is 15.2 Å². The molecule has 0 bridgehead atoms. The van der Waals surface area contributed by atoms with Crippen molar-refractivity contribution >= 4 is 0 Å². The molecule has 1 aromatic rings. The van der Waals surface area contributed by atoms with E-state index in [9.17, 15) is 5.11 Å². The molecule has 0 unspecified atom stereocenters. The second-order valence-corrected chi connectivity index (χ2v) is 5.09. The molecule has 1 saturated heterocycles. The van der Waals surface area contributed by atoms with Crippen LogP contribution >= 0.6 is 0 Å². The lowest BCUT2D eigenvalue weighted by molar-refractivity contribution is 0.163. The summed E-state index contributed by atoms with van der Waals surface area (Å²) in [4.78, 5) is 2.48. The maximum absolute atomic E-state index is 9.62. The molecule has 2 rings (SSSR count). The smallest absolute Gasteiger partial charge is 0.127 e. The number of rotatable bonds is 6. The van der Waals surface area contributed by atoms with Crippen molar-refractivity contribution in [2.24, 2.45) is 0 Å². The molecule has 20 heavy (non-hydrogen) atoms. The minimum absolute atomic E-state index is 0.244. The van der Waals surface area contributed by atoms with Crippen molar-refractivity contribution in [3.63, 3.8) is 0 Å². The Labute approximate surface area is 121 Å². The molecule has 0 spiro atoms. The first-order valence-electron chi connectivity index (χ1n) is 7.19. The lowest BCUT2D eigenvalue weighted by atomic mass is 9.98. The predicted molar refractivity (Wildman–Crippen MR) is 81.3 cm³/mol. The average molecular weight is 276 g/mol. The van der Waals surface area contributed by atoms with E-state index < -0.39 is 0 Å². The number of methoxy groups -OCH3 is 1. The van der Waals surface area contributed by atoms with Crippen molar-refractivity contribution in [3.8, 4) is 11.5 Å². The maximum atomic E-state index is 9.62. The van der Waals surface area contributed by atoms with Gasteiger partial charge in [0.25, 0.3) is 0 Å². The minimum Gasteiger partial charge on any atom is -0.508 e. The van der Waals surface area contributed by atoms with E-state index in [1.54, 1.807) is 19.2 Å². The number of hydrogen-bond donors (Lipinski definition) is 2. The van der Waals surface area contributed by atoms with Crippen molar-refractivity contribution in [1.82, 2.24) is 10.2 Å². The van der Waals surface area contributed by atoms with Gasteiger partial charge in [-0.2, -0.15) is 0 Å². The summed E-state index contributed by atoms with van der Waals surface area (Å²) in [5.41, 5.74) is 1.15. The van der Waals surface area contributed by atoms with Crippen LogP contribution in [-0.4, -0.2) is 43.3 Å². The summed E-state index contributed by atoms with van der Waals surface area (Å²) in [5.74, 6) is 1.01. The molecule has 0 saturated carbocycles. The SMILES string of the molecule is C=CCC[C@H](c1ccc(O)cc1OC)N1CCNCC1. The van der Waals surface area contributed by atoms with Gasteiger partial charge >= 0.3 is 0 Å². The molecule has 1 heterocycles. The number of nitrogens with one attached hydrogen (secondary N) is 1. The van der Waals surface area contributed by atoms with E-state index in [0.717, 1.165) is 50.3 Å². The lowest BCUT2D eigenvalue weighted by Gasteiger charge is -2.35. The van der Waals surface area contributed by atoms with Crippen LogP contribution in [0.5, 0.6) is 11.5 Å². The summed E-state index contributed by atoms with van der Waals surface area (Å²) in [5, 5.41) is 13.0. The van der Waals surface area contributed by atoms with E-state index in [-0.39, 0.29) is 5.75 Å². The number of allylic oxidation sites excluding steroid dienone is 1. The van der Waals surface area contributed by atoms with Crippen molar-refractivity contribution in [2.75, 3.05) is 33.3 Å². The van der Waals surface area contributed by atoms with E-state index in [4.69, 9.17) is 4.74 Å². The molecular weight excluding hydrogens is 252 g/mol. The largest absolute Gasteiger partial charge is 0.508 e. The predicted octanol–water partition coefficient (Wildman–Crippen LogP) is 2.31. The van der Waals surface area contributed by atoms with Crippen LogP contribution < -0.4 is 10.1 Å². The zero-order valence-electron chi connectivity index (χ0n) is 12.1. The molecule has 1 aromatic carbocycles. The van der Waals surface area contributed by atoms with E-state index in [1.165, 1.54) is 0 Å². The summed E-state index contributed by atoms with van der Waals surface area (Å²) in [6, 6.07) is 5.72. The van der Waals surface area contributed by atoms with Gasteiger partial charge in [0, 0.05) is 43.9 Å². The Balaban J connectivity index is 2.26. The summed E-state index contributed by atoms with van der Waals surface area (Å²) < 4.78 is 5.45. The molecule has 1 aliphatic heterocycles. The molecule has 1 atom stereocenters. The monoisotopic (exact) mass is 276 g/mol. The van der Waals surface area contributed by atoms with Crippen molar-refractivity contribution < 1.29 is 9.84 Å². The van der Waals surface area contributed by atoms with Crippen LogP contribution in [0.25, 0.3) is 0 Å². The second kappa shape index (κ2) is 7.31. The Hall–Kier alpha value is -1.52. The van der Waals surface area contributed by atoms with Crippen LogP contribution in [0.4, 0.5) is 0 Å². The van der Waals surface area contributed by atoms with Crippen molar-refractivity contribution in [3.05, 3.63) is 36.4 Å². The van der Waals surface area contributed by atoms with Crippen LogP contribution in [0.3, 0.4) is 0 Å². The first kappa shape index (κ1) is 14.9. The number of nitrogens with zero attached hydrogens (tertiary/aromatic N) is 1. The van der Waals surface area contributed by atoms with Gasteiger partial charge in [-0.05, 0) is 18.9 Å². The molecule has 0 radical (unpaired) electrons. The molecule has 4 nitrogen and oxygen atoms in total. The van der Waals surface area contributed by atoms with Crippen molar-refractivity contribution in [1.29, 1.82) is 0 Å². The van der Waals surface area contributed by atoms with Gasteiger partial charge in [0.15, 0.2) is 0 Å². The fourth-order valence-corrected chi connectivity index (χ4v) is 2.78. The zero-order chi connectivity index (χ0) is 14.4. The molecule has 2 N–H and O–H groups in total. The Kier molecular flexibility index (Phi) is 5.44. The third-order valence-electron chi connectivity index (χ3n) is 3.81. The van der Waals surface area contributed by atoms with Gasteiger partial charge in [-0.15, -0.1) is 6.58 Å². The Morgan fingerprint density at radius 3 is 2.85 bits per heavy atom. The highest BCUT2D eigenvalue weighted by atomic mass is 16.5. The fraction of sp³-hybridized carbons (Fsp3) is 0.500. The highest BCUT2D eigenvalue weighted by Crippen LogP contribution is 2.35. The maximum Gasteiger partial charge on any atom is 0.127 e. The van der Waals surface area contributed by atoms with Gasteiger partial charge in [0.1, 0.15) is 11.5 Å². The highest BCUT2D eigenvalue weighted by Gasteiger charge is 2.24. The molecule has 0 aliphatic carbocycles. The summed E-state index contributed by atoms with van der Waals surface area (Å²) in [6.07, 6.45) is 3.95. The van der Waals surface area contributed by atoms with Gasteiger partial charge in [-0.3, -0.25) is 4.90 Å². The standard InChI is InChI=1S/C16H24N2O2/c1-3-4-5-15(18-10-8-17-9-11-18)14-7-6-13(19)12-16(14)20-2/h3,6-7,12,15,17,19H,1,4-5,8-11H2,2H3/t15-/m1/s1. The summed E-state index contributed by atoms with van der Waals surface area (Å²) in [6.45, 7) is 7.93. The minimum atomic E-state index is 0.244. The van der Waals surface area contributed by atoms with Crippen LogP contribution in [0.2, 0.25) is 0 Å². The molecule has 0 aromatic heterocycles. The van der Waals surface area contributed by atoms with E-state index in [2.05, 4.69) is 16.8 Å². The number of ether oxygens (including phenoxy) is 1. The Morgan fingerprint density at radius 1 is 1.45 bits per heavy atom. The van der Waals surface area contributed by atoms with Gasteiger partial charge in [-0.25, -0.2) is 0 Å². The van der Waals surface area contributed by atoms with Crippen LogP contribution in [0.15, 0.2) is 30.9 Å². The number of benzene rings is 1. The second-order valence-electron chi connectivity index (χ2n) is 5.09. The lowest BCUT2D eigenvalue weighted by Crippen LogP contribution is -2.45. The molecule has 0 amide bonds. The molecular formula is C16H24N2O2. The third kappa shape index (κ3) is 3.52. The Bertz CT molecular complexity index is 442. The average Bonchev–Trinajstić information content (AvgIpc) is 2.49. The van der Waals surface area contributed by atoms with E-state index in [0.29, 0.717) is 6.04 Å². The first-order valence-corrected chi connectivity index (χ1v) is 7.19. The molecule has 1 fully saturated rings. The normalized spacial score (nSPS) is 17.6. The molecule has 110 valence electrons. The quantitative estimate of drug-likeness (QED) is 0.783. The number of phenols is 1. The number of piperazine rings is 1. The third-order valence-corrected chi connectivity index (χ3v) is 3.81. The highest BCUT2D eigenvalue weighted by molar-refractivity contribution is 5.42. The van der Waals surface area contributed by atoms with Gasteiger partial charge in [0.2, 0.25) is 0 Å². The zero-order valence-corrected chi connectivity index (χ0v) is 12.1. The first-order chi connectivity index (χ1) is 9.76. The van der Waals surface area contributed by atoms with Gasteiger partial charge in [-0.1, -0.05) is 12.1 Å². The van der Waals surface area contributed by atoms with E-state index in [1.807, 2.05) is 12.1 Å². The number of phenolic OH excluding ortho intramolecular Hbond substituents is 1.